The van der Waals surface area contributed by atoms with Gasteiger partial charge in [0.25, 0.3) is 0 Å². The Labute approximate surface area is 346 Å². The lowest BCUT2D eigenvalue weighted by molar-refractivity contribution is -0.144. The van der Waals surface area contributed by atoms with Gasteiger partial charge in [-0.3, -0.25) is 14.4 Å². The number of nitrogens with one attached hydrogen (secondary N) is 1. The number of carbonyl (C=O) groups is 5. The van der Waals surface area contributed by atoms with Gasteiger partial charge in [0.05, 0.1) is 29.6 Å². The standard InChI is InChI=1S/C25H34Br2N2O5.C16H21N3O3/c1-16(13-17-14-20(26)24(32)21(27)15-17)25(33)29-11-7-19(8-12-29)18-5-9-28(10-6-18)22(30)3-4-23(31)34-2;1-22-16(21)18-9-7-13(8-10-18)19-11-6-12-4-2-3-5-14(12)17-15(19)20/h14-16,18-19,32H,3-13H2,1-2H3;2-5,13H,6-11H2,1H3,(H,17,20)/t16-;/m1./s1. The lowest BCUT2D eigenvalue weighted by atomic mass is 9.78. The van der Waals surface area contributed by atoms with E-state index in [-0.39, 0.29) is 60.5 Å². The molecule has 13 nitrogen and oxygen atoms in total. The van der Waals surface area contributed by atoms with Crippen molar-refractivity contribution in [2.75, 3.05) is 65.3 Å². The highest BCUT2D eigenvalue weighted by Crippen LogP contribution is 2.36. The second-order valence-corrected chi connectivity index (χ2v) is 16.9. The number of esters is 1. The number of hydrogen-bond acceptors (Lipinski definition) is 8. The van der Waals surface area contributed by atoms with Crippen molar-refractivity contribution in [3.05, 3.63) is 56.5 Å². The largest absolute Gasteiger partial charge is 0.506 e. The molecule has 56 heavy (non-hydrogen) atoms. The molecule has 306 valence electrons. The highest BCUT2D eigenvalue weighted by molar-refractivity contribution is 9.11. The number of carbonyl (C=O) groups excluding carboxylic acids is 5. The van der Waals surface area contributed by atoms with Crippen molar-refractivity contribution in [2.24, 2.45) is 17.8 Å². The molecule has 6 rings (SSSR count). The second-order valence-electron chi connectivity index (χ2n) is 15.2. The summed E-state index contributed by atoms with van der Waals surface area (Å²) >= 11 is 6.71. The van der Waals surface area contributed by atoms with Gasteiger partial charge in [-0.1, -0.05) is 25.1 Å². The van der Waals surface area contributed by atoms with Gasteiger partial charge in [0, 0.05) is 69.9 Å². The number of likely N-dealkylation sites (tertiary alicyclic amines) is 3. The number of phenols is 1. The highest BCUT2D eigenvalue weighted by Gasteiger charge is 2.34. The number of anilines is 1. The first kappa shape index (κ1) is 43.3. The number of piperidine rings is 3. The Morgan fingerprint density at radius 1 is 0.804 bits per heavy atom. The molecule has 3 fully saturated rings. The maximum absolute atomic E-state index is 13.0. The molecule has 2 N–H and O–H groups in total. The number of phenolic OH excluding ortho intramolecular Hbond substituents is 1. The SMILES string of the molecule is COC(=O)CCC(=O)N1CCC(C2CCN(C(=O)[C@H](C)Cc3cc(Br)c(O)c(Br)c3)CC2)CC1.COC(=O)N1CCC(N2CCc3ccccc3NC2=O)CC1. The average molecular weight is 906 g/mol. The zero-order chi connectivity index (χ0) is 40.4. The van der Waals surface area contributed by atoms with Crippen LogP contribution in [0.4, 0.5) is 15.3 Å². The first-order valence-corrected chi connectivity index (χ1v) is 21.3. The molecule has 1 atom stereocenters. The third-order valence-electron chi connectivity index (χ3n) is 11.7. The molecule has 0 aliphatic carbocycles. The first-order valence-electron chi connectivity index (χ1n) is 19.7. The Morgan fingerprint density at radius 2 is 1.38 bits per heavy atom. The van der Waals surface area contributed by atoms with Crippen LogP contribution in [-0.2, 0) is 36.7 Å². The Hall–Kier alpha value is -3.85. The minimum absolute atomic E-state index is 0.0333. The van der Waals surface area contributed by atoms with Crippen LogP contribution >= 0.6 is 31.9 Å². The van der Waals surface area contributed by atoms with E-state index in [1.807, 2.05) is 52.0 Å². The van der Waals surface area contributed by atoms with E-state index < -0.39 is 0 Å². The van der Waals surface area contributed by atoms with E-state index in [2.05, 4.69) is 48.0 Å². The predicted octanol–water partition coefficient (Wildman–Crippen LogP) is 6.83. The number of fused-ring (bicyclic) bond motifs is 1. The van der Waals surface area contributed by atoms with Crippen molar-refractivity contribution < 1.29 is 38.6 Å². The molecule has 2 aromatic rings. The molecule has 0 spiro atoms. The summed E-state index contributed by atoms with van der Waals surface area (Å²) in [5.74, 6) is 1.10. The van der Waals surface area contributed by atoms with Crippen LogP contribution in [0.5, 0.6) is 5.75 Å². The quantitative estimate of drug-likeness (QED) is 0.274. The van der Waals surface area contributed by atoms with Gasteiger partial charge in [0.2, 0.25) is 11.8 Å². The number of aromatic hydroxyl groups is 1. The van der Waals surface area contributed by atoms with Gasteiger partial charge in [-0.15, -0.1) is 0 Å². The maximum atomic E-state index is 13.0. The van der Waals surface area contributed by atoms with Gasteiger partial charge in [-0.05, 0) is 124 Å². The molecular weight excluding hydrogens is 850 g/mol. The lowest BCUT2D eigenvalue weighted by Crippen LogP contribution is -2.50. The summed E-state index contributed by atoms with van der Waals surface area (Å²) in [6, 6.07) is 11.8. The van der Waals surface area contributed by atoms with Gasteiger partial charge in [-0.25, -0.2) is 9.59 Å². The third-order valence-corrected chi connectivity index (χ3v) is 12.9. The lowest BCUT2D eigenvalue weighted by Gasteiger charge is -2.40. The highest BCUT2D eigenvalue weighted by atomic mass is 79.9. The molecule has 0 bridgehead atoms. The number of benzene rings is 2. The van der Waals surface area contributed by atoms with Crippen LogP contribution in [0.1, 0.15) is 69.4 Å². The molecule has 0 radical (unpaired) electrons. The van der Waals surface area contributed by atoms with E-state index in [1.165, 1.54) is 19.8 Å². The number of ether oxygens (including phenoxy) is 2. The minimum atomic E-state index is -0.345. The van der Waals surface area contributed by atoms with Crippen molar-refractivity contribution in [3.8, 4) is 5.75 Å². The number of para-hydroxylation sites is 1. The summed E-state index contributed by atoms with van der Waals surface area (Å²) in [5, 5.41) is 12.9. The maximum Gasteiger partial charge on any atom is 0.409 e. The fraction of sp³-hybridized carbons (Fsp3) is 0.585. The summed E-state index contributed by atoms with van der Waals surface area (Å²) in [6.45, 7) is 7.02. The minimum Gasteiger partial charge on any atom is -0.506 e. The van der Waals surface area contributed by atoms with Crippen molar-refractivity contribution >= 4 is 67.5 Å². The van der Waals surface area contributed by atoms with Crippen molar-refractivity contribution in [1.82, 2.24) is 19.6 Å². The molecule has 3 saturated heterocycles. The van der Waals surface area contributed by atoms with Crippen molar-refractivity contribution in [2.45, 2.75) is 77.2 Å². The number of halogens is 2. The molecule has 2 aromatic carbocycles. The van der Waals surface area contributed by atoms with Crippen LogP contribution in [0.25, 0.3) is 0 Å². The normalized spacial score (nSPS) is 18.8. The van der Waals surface area contributed by atoms with Gasteiger partial charge in [-0.2, -0.15) is 0 Å². The van der Waals surface area contributed by atoms with E-state index in [0.29, 0.717) is 46.8 Å². The summed E-state index contributed by atoms with van der Waals surface area (Å²) in [5.41, 5.74) is 3.08. The van der Waals surface area contributed by atoms with Crippen LogP contribution in [-0.4, -0.2) is 121 Å². The van der Waals surface area contributed by atoms with Crippen LogP contribution in [0.3, 0.4) is 0 Å². The Morgan fingerprint density at radius 3 is 1.96 bits per heavy atom. The van der Waals surface area contributed by atoms with E-state index in [1.54, 1.807) is 4.90 Å². The summed E-state index contributed by atoms with van der Waals surface area (Å²) in [6.07, 6.45) is 7.13. The van der Waals surface area contributed by atoms with Gasteiger partial charge < -0.3 is 39.5 Å². The molecule has 0 saturated carbocycles. The number of amides is 5. The number of urea groups is 1. The zero-order valence-electron chi connectivity index (χ0n) is 32.6. The fourth-order valence-corrected chi connectivity index (χ4v) is 9.68. The molecule has 4 aliphatic heterocycles. The monoisotopic (exact) mass is 903 g/mol. The second kappa shape index (κ2) is 20.5. The van der Waals surface area contributed by atoms with E-state index in [4.69, 9.17) is 4.74 Å². The Kier molecular flexibility index (Phi) is 15.9. The van der Waals surface area contributed by atoms with Crippen LogP contribution < -0.4 is 5.32 Å². The average Bonchev–Trinajstić information content (AvgIpc) is 3.39. The molecule has 5 amide bonds. The number of methoxy groups -OCH3 is 2. The number of rotatable bonds is 8. The fourth-order valence-electron chi connectivity index (χ4n) is 8.40. The molecule has 0 unspecified atom stereocenters. The van der Waals surface area contributed by atoms with E-state index in [9.17, 15) is 29.1 Å². The van der Waals surface area contributed by atoms with Crippen LogP contribution in [0, 0.1) is 17.8 Å². The number of hydrogen-bond donors (Lipinski definition) is 2. The van der Waals surface area contributed by atoms with Gasteiger partial charge in [0.1, 0.15) is 5.75 Å². The summed E-state index contributed by atoms with van der Waals surface area (Å²) < 4.78 is 10.6. The number of nitrogens with zero attached hydrogens (tertiary/aromatic N) is 4. The summed E-state index contributed by atoms with van der Waals surface area (Å²) in [7, 11) is 2.74. The van der Waals surface area contributed by atoms with E-state index >= 15 is 0 Å². The molecular formula is C41H55Br2N5O8. The van der Waals surface area contributed by atoms with Crippen LogP contribution in [0.2, 0.25) is 0 Å². The first-order chi connectivity index (χ1) is 26.9. The molecule has 0 aromatic heterocycles. The Balaban J connectivity index is 0.000000234. The molecule has 15 heteroatoms. The zero-order valence-corrected chi connectivity index (χ0v) is 35.8. The molecule has 4 aliphatic rings. The third kappa shape index (κ3) is 11.4. The van der Waals surface area contributed by atoms with Crippen molar-refractivity contribution in [1.29, 1.82) is 0 Å². The van der Waals surface area contributed by atoms with Gasteiger partial charge in [0.15, 0.2) is 0 Å². The topological polar surface area (TPSA) is 149 Å². The molecule has 4 heterocycles. The van der Waals surface area contributed by atoms with E-state index in [0.717, 1.165) is 82.4 Å². The van der Waals surface area contributed by atoms with Crippen molar-refractivity contribution in [3.63, 3.8) is 0 Å². The summed E-state index contributed by atoms with van der Waals surface area (Å²) in [4.78, 5) is 68.1. The van der Waals surface area contributed by atoms with Gasteiger partial charge >= 0.3 is 18.1 Å². The van der Waals surface area contributed by atoms with Crippen LogP contribution in [0.15, 0.2) is 45.3 Å². The smallest absolute Gasteiger partial charge is 0.409 e. The Bertz CT molecular complexity index is 1680. The predicted molar refractivity (Wildman–Crippen MR) is 219 cm³/mol.